The van der Waals surface area contributed by atoms with Crippen LogP contribution in [0.3, 0.4) is 0 Å². The van der Waals surface area contributed by atoms with Crippen molar-refractivity contribution < 1.29 is 19.0 Å². The Balaban J connectivity index is 2.09. The Kier molecular flexibility index (Phi) is 15.0. The third-order valence-corrected chi connectivity index (χ3v) is 6.92. The van der Waals surface area contributed by atoms with Crippen molar-refractivity contribution in [3.8, 4) is 17.2 Å². The smallest absolute Gasteiger partial charge is 0.226 e. The summed E-state index contributed by atoms with van der Waals surface area (Å²) in [5, 5.41) is 3.02. The van der Waals surface area contributed by atoms with Crippen molar-refractivity contribution in [2.45, 2.75) is 79.4 Å². The second-order valence-electron chi connectivity index (χ2n) is 11.2. The van der Waals surface area contributed by atoms with Gasteiger partial charge in [0, 0.05) is 37.2 Å². The summed E-state index contributed by atoms with van der Waals surface area (Å²) in [6.07, 6.45) is 1.94. The van der Waals surface area contributed by atoms with Gasteiger partial charge in [0.25, 0.3) is 0 Å². The number of para-hydroxylation sites is 1. The molecule has 0 heterocycles. The molecule has 1 atom stereocenters. The Morgan fingerprint density at radius 1 is 0.854 bits per heavy atom. The molecule has 0 fully saturated rings. The van der Waals surface area contributed by atoms with E-state index in [4.69, 9.17) is 19.9 Å². The highest BCUT2D eigenvalue weighted by Crippen LogP contribution is 2.32. The first-order valence-corrected chi connectivity index (χ1v) is 15.3. The molecule has 0 aliphatic heterocycles. The summed E-state index contributed by atoms with van der Waals surface area (Å²) in [6.45, 7) is 21.9. The minimum absolute atomic E-state index is 0.107. The van der Waals surface area contributed by atoms with Gasteiger partial charge in [-0.05, 0) is 78.0 Å². The molecule has 2 aromatic carbocycles. The fourth-order valence-corrected chi connectivity index (χ4v) is 4.56. The van der Waals surface area contributed by atoms with E-state index in [1.807, 2.05) is 63.2 Å². The van der Waals surface area contributed by atoms with Gasteiger partial charge in [-0.15, -0.1) is 0 Å². The van der Waals surface area contributed by atoms with Crippen molar-refractivity contribution in [2.75, 3.05) is 57.8 Å². The molecular formula is C33H54N4O4. The van der Waals surface area contributed by atoms with Crippen LogP contribution in [0.5, 0.6) is 17.2 Å². The maximum atomic E-state index is 13.1. The van der Waals surface area contributed by atoms with Crippen LogP contribution >= 0.6 is 0 Å². The summed E-state index contributed by atoms with van der Waals surface area (Å²) in [6, 6.07) is 12.7. The Bertz CT molecular complexity index is 1030. The van der Waals surface area contributed by atoms with Gasteiger partial charge in [0.05, 0.1) is 18.9 Å². The van der Waals surface area contributed by atoms with Crippen LogP contribution in [-0.2, 0) is 4.79 Å². The molecule has 8 heteroatoms. The molecule has 0 aliphatic carbocycles. The zero-order chi connectivity index (χ0) is 30.3. The number of ether oxygens (including phenoxy) is 3. The van der Waals surface area contributed by atoms with Crippen LogP contribution in [0.4, 0.5) is 5.69 Å². The molecule has 0 aliphatic rings. The zero-order valence-electron chi connectivity index (χ0n) is 26.5. The topological polar surface area (TPSA) is 89.3 Å². The number of nitrogens with two attached hydrogens (primary N) is 1. The lowest BCUT2D eigenvalue weighted by atomic mass is 10.0. The highest BCUT2D eigenvalue weighted by Gasteiger charge is 2.20. The van der Waals surface area contributed by atoms with E-state index in [1.54, 1.807) is 0 Å². The van der Waals surface area contributed by atoms with Crippen molar-refractivity contribution in [1.29, 1.82) is 0 Å². The summed E-state index contributed by atoms with van der Waals surface area (Å²) in [5.41, 5.74) is 7.54. The summed E-state index contributed by atoms with van der Waals surface area (Å²) >= 11 is 0. The van der Waals surface area contributed by atoms with E-state index in [9.17, 15) is 4.79 Å². The molecule has 3 N–H and O–H groups in total. The third kappa shape index (κ3) is 12.7. The first-order chi connectivity index (χ1) is 19.6. The molecule has 2 aromatic rings. The minimum atomic E-state index is -0.514. The number of benzene rings is 2. The number of hydrogen-bond acceptors (Lipinski definition) is 7. The predicted octanol–water partition coefficient (Wildman–Crippen LogP) is 6.11. The molecule has 0 spiro atoms. The van der Waals surface area contributed by atoms with Crippen LogP contribution in [0.1, 0.15) is 79.3 Å². The lowest BCUT2D eigenvalue weighted by molar-refractivity contribution is -0.116. The van der Waals surface area contributed by atoms with Gasteiger partial charge in [-0.25, -0.2) is 0 Å². The van der Waals surface area contributed by atoms with Gasteiger partial charge in [-0.1, -0.05) is 45.9 Å². The van der Waals surface area contributed by atoms with E-state index in [0.29, 0.717) is 30.4 Å². The number of nitrogens with zero attached hydrogens (tertiary/aromatic N) is 2. The Morgan fingerprint density at radius 3 is 2.02 bits per heavy atom. The van der Waals surface area contributed by atoms with Gasteiger partial charge < -0.3 is 35.1 Å². The van der Waals surface area contributed by atoms with E-state index in [-0.39, 0.29) is 17.9 Å². The largest absolute Gasteiger partial charge is 0.493 e. The molecule has 41 heavy (non-hydrogen) atoms. The molecule has 8 nitrogen and oxygen atoms in total. The molecular weight excluding hydrogens is 516 g/mol. The van der Waals surface area contributed by atoms with Crippen LogP contribution in [0.15, 0.2) is 42.5 Å². The number of amides is 1. The van der Waals surface area contributed by atoms with E-state index in [0.717, 1.165) is 63.4 Å². The molecule has 1 unspecified atom stereocenters. The highest BCUT2D eigenvalue weighted by molar-refractivity contribution is 5.93. The quantitative estimate of drug-likeness (QED) is 0.197. The normalized spacial score (nSPS) is 12.4. The number of anilines is 1. The first kappa shape index (κ1) is 34.4. The van der Waals surface area contributed by atoms with Crippen LogP contribution in [0, 0.1) is 0 Å². The molecule has 2 rings (SSSR count). The number of carbonyl (C=O) groups excluding carboxylic acids is 1. The fourth-order valence-electron chi connectivity index (χ4n) is 4.56. The Hall–Kier alpha value is -2.81. The van der Waals surface area contributed by atoms with Crippen LogP contribution in [0.25, 0.3) is 0 Å². The Labute approximate surface area is 248 Å². The molecule has 0 bridgehead atoms. The molecule has 0 radical (unpaired) electrons. The standard InChI is InChI=1S/C33H54N4O4/c1-8-36(9-2)20-14-22-39-26-18-19-29(31(24-26)40-23-15-21-37(10-3)11-4)35-32(38)25-28(34)27-16-12-13-17-30(27)41-33(5,6)7/h12-13,16-19,24,28H,8-11,14-15,20-23,25,34H2,1-7H3,(H,35,38). The maximum absolute atomic E-state index is 13.1. The van der Waals surface area contributed by atoms with Crippen molar-refractivity contribution in [3.05, 3.63) is 48.0 Å². The molecule has 1 amide bonds. The van der Waals surface area contributed by atoms with E-state index >= 15 is 0 Å². The van der Waals surface area contributed by atoms with Crippen molar-refractivity contribution in [2.24, 2.45) is 5.73 Å². The average molecular weight is 571 g/mol. The van der Waals surface area contributed by atoms with E-state index in [2.05, 4.69) is 42.8 Å². The first-order valence-electron chi connectivity index (χ1n) is 15.3. The summed E-state index contributed by atoms with van der Waals surface area (Å²) < 4.78 is 18.3. The highest BCUT2D eigenvalue weighted by atomic mass is 16.5. The lowest BCUT2D eigenvalue weighted by Crippen LogP contribution is -2.26. The van der Waals surface area contributed by atoms with Crippen LogP contribution < -0.4 is 25.3 Å². The van der Waals surface area contributed by atoms with E-state index in [1.165, 1.54) is 0 Å². The third-order valence-electron chi connectivity index (χ3n) is 6.92. The number of hydrogen-bond donors (Lipinski definition) is 2. The number of nitrogens with one attached hydrogen (secondary N) is 1. The number of carbonyl (C=O) groups is 1. The lowest BCUT2D eigenvalue weighted by Gasteiger charge is -2.25. The summed E-state index contributed by atoms with van der Waals surface area (Å²) in [7, 11) is 0. The van der Waals surface area contributed by atoms with Crippen LogP contribution in [0.2, 0.25) is 0 Å². The molecule has 0 saturated carbocycles. The molecule has 0 aromatic heterocycles. The SMILES string of the molecule is CCN(CC)CCCOc1ccc(NC(=O)CC(N)c2ccccc2OC(C)(C)C)c(OCCCN(CC)CC)c1. The van der Waals surface area contributed by atoms with E-state index < -0.39 is 6.04 Å². The number of rotatable bonds is 19. The van der Waals surface area contributed by atoms with Crippen molar-refractivity contribution >= 4 is 11.6 Å². The van der Waals surface area contributed by atoms with Gasteiger partial charge in [-0.2, -0.15) is 0 Å². The molecule has 230 valence electrons. The van der Waals surface area contributed by atoms with Gasteiger partial charge in [0.2, 0.25) is 5.91 Å². The van der Waals surface area contributed by atoms with Gasteiger partial charge in [-0.3, -0.25) is 4.79 Å². The maximum Gasteiger partial charge on any atom is 0.226 e. The van der Waals surface area contributed by atoms with Gasteiger partial charge in [0.1, 0.15) is 22.8 Å². The second kappa shape index (κ2) is 17.9. The van der Waals surface area contributed by atoms with Gasteiger partial charge in [0.15, 0.2) is 0 Å². The average Bonchev–Trinajstić information content (AvgIpc) is 2.93. The minimum Gasteiger partial charge on any atom is -0.493 e. The van der Waals surface area contributed by atoms with Crippen LogP contribution in [-0.4, -0.2) is 73.8 Å². The zero-order valence-corrected chi connectivity index (χ0v) is 26.5. The Morgan fingerprint density at radius 2 is 1.44 bits per heavy atom. The molecule has 0 saturated heterocycles. The predicted molar refractivity (Wildman–Crippen MR) is 169 cm³/mol. The second-order valence-corrected chi connectivity index (χ2v) is 11.2. The summed E-state index contributed by atoms with van der Waals surface area (Å²) in [4.78, 5) is 17.9. The van der Waals surface area contributed by atoms with Gasteiger partial charge >= 0.3 is 0 Å². The van der Waals surface area contributed by atoms with Crippen molar-refractivity contribution in [1.82, 2.24) is 9.80 Å². The fraction of sp³-hybridized carbons (Fsp3) is 0.606. The monoisotopic (exact) mass is 570 g/mol. The van der Waals surface area contributed by atoms with Crippen molar-refractivity contribution in [3.63, 3.8) is 0 Å². The summed E-state index contributed by atoms with van der Waals surface area (Å²) in [5.74, 6) is 1.83.